The molecule has 0 fully saturated rings. The molecule has 3 atom stereocenters. The fourth-order valence-corrected chi connectivity index (χ4v) is 3.49. The third-order valence-corrected chi connectivity index (χ3v) is 5.37. The maximum atomic E-state index is 12.6. The molecule has 39 heavy (non-hydrogen) atoms. The van der Waals surface area contributed by atoms with Crippen LogP contribution in [0.2, 0.25) is 0 Å². The van der Waals surface area contributed by atoms with Gasteiger partial charge in [-0.15, -0.1) is 0 Å². The van der Waals surface area contributed by atoms with Gasteiger partial charge < -0.3 is 14.8 Å². The molecule has 0 radical (unpaired) electrons. The number of hydrogen-bond donors (Lipinski definition) is 1. The highest BCUT2D eigenvalue weighted by Crippen LogP contribution is 2.13. The van der Waals surface area contributed by atoms with Crippen molar-refractivity contribution in [3.8, 4) is 0 Å². The van der Waals surface area contributed by atoms with Crippen LogP contribution in [-0.4, -0.2) is 36.1 Å². The van der Waals surface area contributed by atoms with E-state index in [0.717, 1.165) is 24.0 Å². The molecule has 0 bridgehead atoms. The van der Waals surface area contributed by atoms with E-state index in [1.54, 1.807) is 36.5 Å². The monoisotopic (exact) mass is 533 g/mol. The molecule has 1 unspecified atom stereocenters. The van der Waals surface area contributed by atoms with Crippen molar-refractivity contribution in [1.82, 2.24) is 5.32 Å². The quantitative estimate of drug-likeness (QED) is 0.290. The van der Waals surface area contributed by atoms with Crippen molar-refractivity contribution >= 4 is 17.8 Å². The lowest BCUT2D eigenvalue weighted by atomic mass is 10.1. The Morgan fingerprint density at radius 2 is 1.54 bits per heavy atom. The van der Waals surface area contributed by atoms with Crippen molar-refractivity contribution in [2.24, 2.45) is 0 Å². The fraction of sp³-hybridized carbons (Fsp3) is 0.364. The normalized spacial score (nSPS) is 28.2. The largest absolute Gasteiger partial charge is 0.454 e. The summed E-state index contributed by atoms with van der Waals surface area (Å²) >= 11 is 0. The highest BCUT2D eigenvalue weighted by molar-refractivity contribution is 5.88. The Balaban J connectivity index is 3.24. The van der Waals surface area contributed by atoms with Gasteiger partial charge in [-0.1, -0.05) is 103 Å². The minimum atomic E-state index is -0.816. The van der Waals surface area contributed by atoms with Gasteiger partial charge in [0.25, 0.3) is 0 Å². The van der Waals surface area contributed by atoms with Gasteiger partial charge in [-0.25, -0.2) is 0 Å². The highest BCUT2D eigenvalue weighted by Gasteiger charge is 2.23. The summed E-state index contributed by atoms with van der Waals surface area (Å²) in [6.45, 7) is 8.56. The van der Waals surface area contributed by atoms with Gasteiger partial charge in [0.2, 0.25) is 5.91 Å². The maximum Gasteiger partial charge on any atom is 0.303 e. The summed E-state index contributed by atoms with van der Waals surface area (Å²) in [4.78, 5) is 36.0. The van der Waals surface area contributed by atoms with Gasteiger partial charge in [-0.2, -0.15) is 0 Å². The second-order valence-electron chi connectivity index (χ2n) is 9.18. The second-order valence-corrected chi connectivity index (χ2v) is 9.18. The molecule has 0 saturated carbocycles. The molecule has 0 spiro atoms. The zero-order chi connectivity index (χ0) is 28.9. The summed E-state index contributed by atoms with van der Waals surface area (Å²) < 4.78 is 10.9. The summed E-state index contributed by atoms with van der Waals surface area (Å²) in [5.41, 5.74) is 1.78. The summed E-state index contributed by atoms with van der Waals surface area (Å²) in [7, 11) is 0. The number of amides is 1. The molecule has 210 valence electrons. The Morgan fingerprint density at radius 1 is 0.897 bits per heavy atom. The number of carbonyl (C=O) groups excluding carboxylic acids is 3. The van der Waals surface area contributed by atoms with E-state index in [2.05, 4.69) is 24.4 Å². The van der Waals surface area contributed by atoms with Crippen LogP contribution < -0.4 is 5.32 Å². The van der Waals surface area contributed by atoms with Gasteiger partial charge in [-0.05, 0) is 45.3 Å². The third-order valence-electron chi connectivity index (χ3n) is 5.37. The first-order valence-corrected chi connectivity index (χ1v) is 13.4. The lowest BCUT2D eigenvalue weighted by Crippen LogP contribution is -2.32. The third kappa shape index (κ3) is 17.3. The van der Waals surface area contributed by atoms with Crippen LogP contribution in [0.5, 0.6) is 0 Å². The number of ether oxygens (including phenoxy) is 2. The molecule has 1 aliphatic rings. The second kappa shape index (κ2) is 20.1. The highest BCUT2D eigenvalue weighted by atomic mass is 16.6. The van der Waals surface area contributed by atoms with E-state index in [4.69, 9.17) is 9.47 Å². The number of rotatable bonds is 7. The van der Waals surface area contributed by atoms with E-state index < -0.39 is 24.1 Å². The van der Waals surface area contributed by atoms with E-state index in [1.807, 2.05) is 56.4 Å². The topological polar surface area (TPSA) is 81.7 Å². The van der Waals surface area contributed by atoms with Crippen LogP contribution in [0.4, 0.5) is 0 Å². The van der Waals surface area contributed by atoms with Gasteiger partial charge in [0.1, 0.15) is 0 Å². The molecule has 6 heteroatoms. The Labute approximate surface area is 233 Å². The van der Waals surface area contributed by atoms with Crippen LogP contribution in [-0.2, 0) is 23.9 Å². The van der Waals surface area contributed by atoms with E-state index in [0.29, 0.717) is 12.8 Å². The fourth-order valence-electron chi connectivity index (χ4n) is 3.49. The Bertz CT molecular complexity index is 1070. The van der Waals surface area contributed by atoms with Crippen molar-refractivity contribution in [3.05, 3.63) is 108 Å². The summed E-state index contributed by atoms with van der Waals surface area (Å²) in [6.07, 6.45) is 31.8. The van der Waals surface area contributed by atoms with E-state index in [9.17, 15) is 14.4 Å². The van der Waals surface area contributed by atoms with Crippen LogP contribution in [0.3, 0.4) is 0 Å². The molecule has 1 amide bonds. The standard InChI is InChI=1S/C33H43NO5/c1-6-7-8-9-10-11-21-30-22-15-12-18-26(2)19-13-16-23-31(38-28(4)35)32(39-29(5)36)25-27(3)20-14-17-24-33(37)34-30/h8-20,23-25,30-32H,6-7,21-22H2,1-5H3,(H,34,37)/b9-8+,11-10+,15-12-,19-13+,20-14+,23-16+,24-17+,26-18+,27-25+/t30?,31-,32+/m0/s1. The number of allylic oxidation sites excluding steroid dienone is 13. The first-order valence-electron chi connectivity index (χ1n) is 13.4. The van der Waals surface area contributed by atoms with Crippen molar-refractivity contribution in [1.29, 1.82) is 0 Å². The number of esters is 2. The summed E-state index contributed by atoms with van der Waals surface area (Å²) in [5, 5.41) is 3.07. The molecule has 6 nitrogen and oxygen atoms in total. The van der Waals surface area contributed by atoms with E-state index in [-0.39, 0.29) is 11.9 Å². The molecule has 1 rings (SSSR count). The Morgan fingerprint density at radius 3 is 2.26 bits per heavy atom. The Kier molecular flexibility index (Phi) is 17.0. The number of nitrogens with one attached hydrogen (secondary N) is 1. The van der Waals surface area contributed by atoms with Gasteiger partial charge in [0.15, 0.2) is 12.2 Å². The molecule has 0 aliphatic carbocycles. The number of carbonyl (C=O) groups is 3. The zero-order valence-corrected chi connectivity index (χ0v) is 23.8. The molecule has 0 aromatic heterocycles. The molecular weight excluding hydrogens is 490 g/mol. The molecular formula is C33H43NO5. The summed E-state index contributed by atoms with van der Waals surface area (Å²) in [5.74, 6) is -1.16. The maximum absolute atomic E-state index is 12.6. The molecule has 0 aromatic carbocycles. The minimum Gasteiger partial charge on any atom is -0.454 e. The van der Waals surface area contributed by atoms with E-state index >= 15 is 0 Å². The van der Waals surface area contributed by atoms with Crippen LogP contribution in [0.25, 0.3) is 0 Å². The van der Waals surface area contributed by atoms with Crippen molar-refractivity contribution in [2.45, 2.75) is 78.6 Å². The predicted octanol–water partition coefficient (Wildman–Crippen LogP) is 6.71. The summed E-state index contributed by atoms with van der Waals surface area (Å²) in [6, 6.07) is -0.0414. The van der Waals surface area contributed by atoms with Crippen LogP contribution in [0.15, 0.2) is 108 Å². The predicted molar refractivity (Wildman–Crippen MR) is 159 cm³/mol. The molecule has 1 N–H and O–H groups in total. The van der Waals surface area contributed by atoms with Crippen molar-refractivity contribution < 1.29 is 23.9 Å². The van der Waals surface area contributed by atoms with Gasteiger partial charge in [-0.3, -0.25) is 14.4 Å². The lowest BCUT2D eigenvalue weighted by Gasteiger charge is -2.22. The SMILES string of the molecule is CCC/C=C/C=C/CC1C\C=C/C=C(C)/C=C/C=C/[C@H](OC(C)=O)[C@H](OC(C)=O)/C=C(C)/C=C/C=C/C(=O)N1. The van der Waals surface area contributed by atoms with Gasteiger partial charge in [0, 0.05) is 26.0 Å². The van der Waals surface area contributed by atoms with Crippen LogP contribution in [0.1, 0.15) is 60.3 Å². The molecule has 1 heterocycles. The van der Waals surface area contributed by atoms with Crippen molar-refractivity contribution in [2.75, 3.05) is 0 Å². The van der Waals surface area contributed by atoms with Gasteiger partial charge >= 0.3 is 11.9 Å². The molecule has 0 saturated heterocycles. The smallest absolute Gasteiger partial charge is 0.303 e. The lowest BCUT2D eigenvalue weighted by molar-refractivity contribution is -0.158. The van der Waals surface area contributed by atoms with Crippen molar-refractivity contribution in [3.63, 3.8) is 0 Å². The van der Waals surface area contributed by atoms with Gasteiger partial charge in [0.05, 0.1) is 0 Å². The minimum absolute atomic E-state index is 0.0414. The average molecular weight is 534 g/mol. The first-order chi connectivity index (χ1) is 18.7. The Hall–Kier alpha value is -3.93. The number of unbranched alkanes of at least 4 members (excludes halogenated alkanes) is 1. The van der Waals surface area contributed by atoms with Crippen LogP contribution >= 0.6 is 0 Å². The van der Waals surface area contributed by atoms with E-state index in [1.165, 1.54) is 19.9 Å². The molecule has 1 aliphatic heterocycles. The molecule has 0 aromatic rings. The first kappa shape index (κ1) is 33.1. The number of hydrogen-bond acceptors (Lipinski definition) is 5. The zero-order valence-electron chi connectivity index (χ0n) is 23.8. The average Bonchev–Trinajstić information content (AvgIpc) is 2.86. The van der Waals surface area contributed by atoms with Crippen LogP contribution in [0, 0.1) is 0 Å².